The fourth-order valence-electron chi connectivity index (χ4n) is 4.47. The summed E-state index contributed by atoms with van der Waals surface area (Å²) in [7, 11) is 0. The second-order valence-corrected chi connectivity index (χ2v) is 8.74. The first kappa shape index (κ1) is 19.4. The van der Waals surface area contributed by atoms with Gasteiger partial charge in [0.1, 0.15) is 0 Å². The number of halogens is 1. The normalized spacial score (nSPS) is 21.4. The summed E-state index contributed by atoms with van der Waals surface area (Å²) in [5.41, 5.74) is 5.01. The quantitative estimate of drug-likeness (QED) is 0.293. The van der Waals surface area contributed by atoms with E-state index in [1.807, 2.05) is 19.1 Å². The lowest BCUT2D eigenvalue weighted by Crippen LogP contribution is -2.14. The molecule has 2 aliphatic carbocycles. The monoisotopic (exact) mass is 405 g/mol. The fourth-order valence-corrected chi connectivity index (χ4v) is 4.87. The van der Waals surface area contributed by atoms with Gasteiger partial charge < -0.3 is 0 Å². The zero-order valence-electron chi connectivity index (χ0n) is 16.2. The first-order valence-electron chi connectivity index (χ1n) is 10.1. The van der Waals surface area contributed by atoms with Gasteiger partial charge >= 0.3 is 0 Å². The van der Waals surface area contributed by atoms with Crippen molar-refractivity contribution in [3.63, 3.8) is 0 Å². The molecule has 0 unspecified atom stereocenters. The third kappa shape index (κ3) is 4.56. The van der Waals surface area contributed by atoms with E-state index in [0.29, 0.717) is 10.7 Å². The lowest BCUT2D eigenvalue weighted by Gasteiger charge is -2.28. The van der Waals surface area contributed by atoms with E-state index in [1.165, 1.54) is 44.1 Å². The maximum Gasteiger partial charge on any atom is 0.0955 e. The van der Waals surface area contributed by atoms with E-state index in [2.05, 4.69) is 58.5 Å². The molecule has 0 spiro atoms. The molecule has 2 saturated carbocycles. The Morgan fingerprint density at radius 3 is 2.07 bits per heavy atom. The number of rotatable bonds is 3. The number of isothiocyanates is 1. The van der Waals surface area contributed by atoms with Crippen LogP contribution in [-0.4, -0.2) is 5.16 Å². The van der Waals surface area contributed by atoms with Crippen LogP contribution in [0.25, 0.3) is 0 Å². The molecule has 0 heterocycles. The summed E-state index contributed by atoms with van der Waals surface area (Å²) in [6.07, 6.45) is 8.49. The van der Waals surface area contributed by atoms with Crippen molar-refractivity contribution >= 4 is 34.7 Å². The predicted octanol–water partition coefficient (Wildman–Crippen LogP) is 7.47. The van der Waals surface area contributed by atoms with E-state index in [1.54, 1.807) is 0 Å². The van der Waals surface area contributed by atoms with Crippen molar-refractivity contribution in [3.8, 4) is 11.8 Å². The van der Waals surface area contributed by atoms with Gasteiger partial charge in [-0.1, -0.05) is 35.6 Å². The highest BCUT2D eigenvalue weighted by Crippen LogP contribution is 2.47. The minimum Gasteiger partial charge on any atom is -0.193 e. The number of thiocarbonyl (C=S) groups is 1. The summed E-state index contributed by atoms with van der Waals surface area (Å²) < 4.78 is 0. The van der Waals surface area contributed by atoms with Gasteiger partial charge in [0.2, 0.25) is 0 Å². The number of hydrogen-bond donors (Lipinski definition) is 0. The summed E-state index contributed by atoms with van der Waals surface area (Å²) in [5, 5.41) is 2.93. The molecule has 2 aromatic carbocycles. The molecule has 0 amide bonds. The Balaban J connectivity index is 1.43. The second kappa shape index (κ2) is 8.62. The van der Waals surface area contributed by atoms with E-state index in [-0.39, 0.29) is 0 Å². The van der Waals surface area contributed by atoms with E-state index in [0.717, 1.165) is 34.4 Å². The lowest BCUT2D eigenvalue weighted by atomic mass is 9.77. The molecule has 0 aromatic heterocycles. The number of benzene rings is 2. The van der Waals surface area contributed by atoms with Crippen LogP contribution in [0, 0.1) is 30.6 Å². The molecule has 0 N–H and O–H groups in total. The number of aryl methyl sites for hydroxylation is 1. The van der Waals surface area contributed by atoms with Gasteiger partial charge in [-0.2, -0.15) is 4.99 Å². The van der Waals surface area contributed by atoms with Crippen molar-refractivity contribution in [1.29, 1.82) is 0 Å². The van der Waals surface area contributed by atoms with Crippen molar-refractivity contribution in [2.24, 2.45) is 16.8 Å². The molecule has 0 radical (unpaired) electrons. The molecule has 0 bridgehead atoms. The van der Waals surface area contributed by atoms with Crippen molar-refractivity contribution in [2.75, 3.05) is 0 Å². The van der Waals surface area contributed by atoms with Crippen molar-refractivity contribution in [1.82, 2.24) is 0 Å². The third-order valence-corrected chi connectivity index (χ3v) is 6.58. The summed E-state index contributed by atoms with van der Waals surface area (Å²) in [4.78, 5) is 4.02. The van der Waals surface area contributed by atoms with Gasteiger partial charge in [0.15, 0.2) is 0 Å². The van der Waals surface area contributed by atoms with Crippen LogP contribution in [0.5, 0.6) is 0 Å². The van der Waals surface area contributed by atoms with E-state index in [9.17, 15) is 0 Å². The van der Waals surface area contributed by atoms with Gasteiger partial charge in [-0.05, 0) is 111 Å². The molecule has 4 rings (SSSR count). The molecule has 0 saturated heterocycles. The smallest absolute Gasteiger partial charge is 0.0955 e. The molecule has 0 atom stereocenters. The maximum absolute atomic E-state index is 6.29. The summed E-state index contributed by atoms with van der Waals surface area (Å²) in [5.74, 6) is 9.27. The van der Waals surface area contributed by atoms with Crippen LogP contribution < -0.4 is 0 Å². The second-order valence-electron chi connectivity index (χ2n) is 8.15. The minimum atomic E-state index is 0.554. The molecule has 0 aliphatic heterocycles. The SMILES string of the molecule is Cc1cc(C#Cc2ccc(C3CCC(C4CC4)CC3)cc2)cc(Cl)c1N=C=S. The van der Waals surface area contributed by atoms with Crippen LogP contribution >= 0.6 is 23.8 Å². The predicted molar refractivity (Wildman–Crippen MR) is 121 cm³/mol. The molecule has 1 nitrogen and oxygen atoms in total. The van der Waals surface area contributed by atoms with Crippen LogP contribution in [0.15, 0.2) is 41.4 Å². The third-order valence-electron chi connectivity index (χ3n) is 6.21. The Kier molecular flexibility index (Phi) is 5.98. The summed E-state index contributed by atoms with van der Waals surface area (Å²) in [6, 6.07) is 12.6. The minimum absolute atomic E-state index is 0.554. The van der Waals surface area contributed by atoms with Gasteiger partial charge in [-0.25, -0.2) is 0 Å². The number of nitrogens with zero attached hydrogens (tertiary/aromatic N) is 1. The zero-order valence-corrected chi connectivity index (χ0v) is 17.7. The van der Waals surface area contributed by atoms with Gasteiger partial charge in [0.25, 0.3) is 0 Å². The first-order chi connectivity index (χ1) is 13.6. The van der Waals surface area contributed by atoms with Crippen LogP contribution in [0.3, 0.4) is 0 Å². The maximum atomic E-state index is 6.29. The van der Waals surface area contributed by atoms with E-state index < -0.39 is 0 Å². The molecule has 3 heteroatoms. The molecule has 2 aliphatic rings. The van der Waals surface area contributed by atoms with Crippen LogP contribution in [-0.2, 0) is 0 Å². The molecule has 2 aromatic rings. The van der Waals surface area contributed by atoms with Gasteiger partial charge in [0.05, 0.1) is 15.9 Å². The van der Waals surface area contributed by atoms with Crippen molar-refractivity contribution in [3.05, 3.63) is 63.7 Å². The Morgan fingerprint density at radius 1 is 0.893 bits per heavy atom. The van der Waals surface area contributed by atoms with Gasteiger partial charge in [0, 0.05) is 11.1 Å². The average Bonchev–Trinajstić information content (AvgIpc) is 3.55. The Hall–Kier alpha value is -1.91. The lowest BCUT2D eigenvalue weighted by molar-refractivity contribution is 0.296. The first-order valence-corrected chi connectivity index (χ1v) is 10.9. The molecule has 142 valence electrons. The number of hydrogen-bond acceptors (Lipinski definition) is 2. The highest BCUT2D eigenvalue weighted by molar-refractivity contribution is 7.78. The highest BCUT2D eigenvalue weighted by atomic mass is 35.5. The zero-order chi connectivity index (χ0) is 19.5. The molecular formula is C25H24ClNS. The van der Waals surface area contributed by atoms with Crippen molar-refractivity contribution in [2.45, 2.75) is 51.4 Å². The van der Waals surface area contributed by atoms with Gasteiger partial charge in [-0.15, -0.1) is 0 Å². The van der Waals surface area contributed by atoms with Crippen LogP contribution in [0.2, 0.25) is 5.02 Å². The Bertz CT molecular complexity index is 941. The standard InChI is InChI=1S/C25H24ClNS/c1-17-14-19(15-24(26)25(17)27-16-28)3-2-18-4-6-20(7-5-18)21-8-10-22(11-9-21)23-12-13-23/h4-7,14-15,21-23H,8-13H2,1H3. The summed E-state index contributed by atoms with van der Waals surface area (Å²) >= 11 is 11.0. The number of aliphatic imine (C=N–C) groups is 1. The molecule has 2 fully saturated rings. The largest absolute Gasteiger partial charge is 0.193 e. The highest BCUT2D eigenvalue weighted by Gasteiger charge is 2.34. The van der Waals surface area contributed by atoms with Gasteiger partial charge in [-0.3, -0.25) is 0 Å². The summed E-state index contributed by atoms with van der Waals surface area (Å²) in [6.45, 7) is 1.95. The average molecular weight is 406 g/mol. The van der Waals surface area contributed by atoms with E-state index >= 15 is 0 Å². The fraction of sp³-hybridized carbons (Fsp3) is 0.400. The van der Waals surface area contributed by atoms with Crippen LogP contribution in [0.4, 0.5) is 5.69 Å². The Morgan fingerprint density at radius 2 is 1.50 bits per heavy atom. The Labute approximate surface area is 178 Å². The van der Waals surface area contributed by atoms with Crippen LogP contribution in [0.1, 0.15) is 66.7 Å². The molecule has 28 heavy (non-hydrogen) atoms. The topological polar surface area (TPSA) is 12.4 Å². The van der Waals surface area contributed by atoms with Crippen molar-refractivity contribution < 1.29 is 0 Å². The van der Waals surface area contributed by atoms with E-state index in [4.69, 9.17) is 11.6 Å². The molecular weight excluding hydrogens is 382 g/mol.